The summed E-state index contributed by atoms with van der Waals surface area (Å²) in [5, 5.41) is 7.19. The van der Waals surface area contributed by atoms with Crippen LogP contribution in [-0.2, 0) is 15.6 Å². The molecule has 1 saturated heterocycles. The van der Waals surface area contributed by atoms with Crippen molar-refractivity contribution in [3.8, 4) is 5.75 Å². The fourth-order valence-electron chi connectivity index (χ4n) is 4.32. The van der Waals surface area contributed by atoms with Crippen molar-refractivity contribution < 1.29 is 13.2 Å². The van der Waals surface area contributed by atoms with E-state index in [1.54, 1.807) is 7.11 Å². The molecule has 1 saturated carbocycles. The molecule has 0 radical (unpaired) electrons. The Morgan fingerprint density at radius 1 is 1.12 bits per heavy atom. The van der Waals surface area contributed by atoms with Gasteiger partial charge in [-0.1, -0.05) is 12.1 Å². The Hall–Kier alpha value is -1.15. The molecule has 2 fully saturated rings. The molecule has 1 aromatic carbocycles. The van der Waals surface area contributed by atoms with Gasteiger partial charge in [-0.2, -0.15) is 0 Å². The maximum Gasteiger partial charge on any atom is 0.209 e. The van der Waals surface area contributed by atoms with Gasteiger partial charge in [0.1, 0.15) is 5.75 Å². The minimum Gasteiger partial charge on any atom is -0.497 e. The predicted octanol–water partition coefficient (Wildman–Crippen LogP) is 1.72. The van der Waals surface area contributed by atoms with E-state index in [2.05, 4.69) is 15.4 Å². The maximum atomic E-state index is 12.1. The molecule has 0 unspecified atom stereocenters. The van der Waals surface area contributed by atoms with E-state index >= 15 is 0 Å². The number of methoxy groups -OCH3 is 1. The molecule has 146 valence electrons. The topological polar surface area (TPSA) is 79.5 Å². The first-order valence-electron chi connectivity index (χ1n) is 9.50. The van der Waals surface area contributed by atoms with Gasteiger partial charge >= 0.3 is 0 Å². The van der Waals surface area contributed by atoms with Crippen LogP contribution in [0.15, 0.2) is 24.3 Å². The zero-order valence-corrected chi connectivity index (χ0v) is 16.6. The van der Waals surface area contributed by atoms with E-state index in [1.165, 1.54) is 19.1 Å². The van der Waals surface area contributed by atoms with Crippen molar-refractivity contribution in [1.29, 1.82) is 0 Å². The number of ether oxygens (including phenoxy) is 1. The SMILES string of the molecule is COc1cccc(C2(NS(C)(=O)=O)CCC(NC3CCNCC3)CC2)c1. The Labute approximate surface area is 157 Å². The second-order valence-electron chi connectivity index (χ2n) is 7.65. The largest absolute Gasteiger partial charge is 0.497 e. The van der Waals surface area contributed by atoms with E-state index in [-0.39, 0.29) is 0 Å². The molecule has 0 spiro atoms. The Morgan fingerprint density at radius 3 is 2.38 bits per heavy atom. The van der Waals surface area contributed by atoms with Gasteiger partial charge in [0.05, 0.1) is 18.9 Å². The Morgan fingerprint density at radius 2 is 1.77 bits per heavy atom. The molecule has 7 heteroatoms. The van der Waals surface area contributed by atoms with Gasteiger partial charge in [-0.25, -0.2) is 13.1 Å². The van der Waals surface area contributed by atoms with Crippen LogP contribution in [0.1, 0.15) is 44.1 Å². The normalized spacial score (nSPS) is 28.0. The maximum absolute atomic E-state index is 12.1. The van der Waals surface area contributed by atoms with Crippen LogP contribution in [-0.4, -0.2) is 47.0 Å². The van der Waals surface area contributed by atoms with Crippen LogP contribution in [0.4, 0.5) is 0 Å². The molecular weight excluding hydrogens is 350 g/mol. The number of sulfonamides is 1. The summed E-state index contributed by atoms with van der Waals surface area (Å²) in [7, 11) is -1.68. The molecule has 1 aliphatic heterocycles. The first-order chi connectivity index (χ1) is 12.4. The number of hydrogen-bond donors (Lipinski definition) is 3. The van der Waals surface area contributed by atoms with Crippen molar-refractivity contribution >= 4 is 10.0 Å². The second kappa shape index (κ2) is 8.25. The molecule has 1 aromatic rings. The van der Waals surface area contributed by atoms with Crippen molar-refractivity contribution in [2.24, 2.45) is 0 Å². The Balaban J connectivity index is 1.74. The van der Waals surface area contributed by atoms with E-state index in [0.29, 0.717) is 12.1 Å². The zero-order chi connectivity index (χ0) is 18.6. The zero-order valence-electron chi connectivity index (χ0n) is 15.8. The van der Waals surface area contributed by atoms with Crippen molar-refractivity contribution in [1.82, 2.24) is 15.4 Å². The minimum atomic E-state index is -3.31. The van der Waals surface area contributed by atoms with E-state index in [9.17, 15) is 8.42 Å². The molecule has 2 aliphatic rings. The first-order valence-corrected chi connectivity index (χ1v) is 11.4. The summed E-state index contributed by atoms with van der Waals surface area (Å²) in [5.74, 6) is 0.757. The Kier molecular flexibility index (Phi) is 6.22. The minimum absolute atomic E-state index is 0.457. The average Bonchev–Trinajstić information content (AvgIpc) is 2.63. The van der Waals surface area contributed by atoms with Crippen LogP contribution in [0.25, 0.3) is 0 Å². The van der Waals surface area contributed by atoms with Crippen LogP contribution in [0, 0.1) is 0 Å². The first kappa shape index (κ1) is 19.6. The second-order valence-corrected chi connectivity index (χ2v) is 9.40. The lowest BCUT2D eigenvalue weighted by Crippen LogP contribution is -2.52. The van der Waals surface area contributed by atoms with Crippen molar-refractivity contribution in [3.05, 3.63) is 29.8 Å². The van der Waals surface area contributed by atoms with E-state index in [1.807, 2.05) is 24.3 Å². The number of hydrogen-bond acceptors (Lipinski definition) is 5. The third-order valence-corrected chi connectivity index (χ3v) is 6.41. The third-order valence-electron chi connectivity index (χ3n) is 5.65. The van der Waals surface area contributed by atoms with Gasteiger partial charge in [0.15, 0.2) is 0 Å². The fraction of sp³-hybridized carbons (Fsp3) is 0.684. The van der Waals surface area contributed by atoms with Gasteiger partial charge in [0, 0.05) is 12.1 Å². The highest BCUT2D eigenvalue weighted by atomic mass is 32.2. The summed E-state index contributed by atoms with van der Waals surface area (Å²) in [5.41, 5.74) is 0.441. The quantitative estimate of drug-likeness (QED) is 0.699. The third kappa shape index (κ3) is 4.97. The van der Waals surface area contributed by atoms with Crippen LogP contribution in [0.3, 0.4) is 0 Å². The predicted molar refractivity (Wildman–Crippen MR) is 104 cm³/mol. The highest BCUT2D eigenvalue weighted by molar-refractivity contribution is 7.88. The molecule has 26 heavy (non-hydrogen) atoms. The number of benzene rings is 1. The fourth-order valence-corrected chi connectivity index (χ4v) is 5.36. The lowest BCUT2D eigenvalue weighted by molar-refractivity contribution is 0.212. The van der Waals surface area contributed by atoms with E-state index in [0.717, 1.165) is 50.1 Å². The van der Waals surface area contributed by atoms with Crippen LogP contribution < -0.4 is 20.1 Å². The molecule has 3 rings (SSSR count). The molecule has 0 atom stereocenters. The summed E-state index contributed by atoms with van der Waals surface area (Å²) in [6.07, 6.45) is 7.07. The lowest BCUT2D eigenvalue weighted by Gasteiger charge is -2.42. The standard InChI is InChI=1S/C19H31N3O3S/c1-25-18-5-3-4-15(14-18)19(22-26(2,23)24)10-6-16(7-11-19)21-17-8-12-20-13-9-17/h3-5,14,16-17,20-22H,6-13H2,1-2H3. The van der Waals surface area contributed by atoms with Crippen LogP contribution in [0.5, 0.6) is 5.75 Å². The monoisotopic (exact) mass is 381 g/mol. The lowest BCUT2D eigenvalue weighted by atomic mass is 9.75. The van der Waals surface area contributed by atoms with Crippen LogP contribution >= 0.6 is 0 Å². The molecule has 0 bridgehead atoms. The summed E-state index contributed by atoms with van der Waals surface area (Å²) in [4.78, 5) is 0. The van der Waals surface area contributed by atoms with Gasteiger partial charge in [0.2, 0.25) is 10.0 Å². The number of nitrogens with one attached hydrogen (secondary N) is 3. The molecule has 6 nitrogen and oxygen atoms in total. The molecule has 1 aliphatic carbocycles. The molecule has 0 amide bonds. The highest BCUT2D eigenvalue weighted by Gasteiger charge is 2.39. The smallest absolute Gasteiger partial charge is 0.209 e. The molecule has 3 N–H and O–H groups in total. The van der Waals surface area contributed by atoms with Gasteiger partial charge in [-0.05, 0) is 69.3 Å². The highest BCUT2D eigenvalue weighted by Crippen LogP contribution is 2.39. The summed E-state index contributed by atoms with van der Waals surface area (Å²) in [6.45, 7) is 2.15. The van der Waals surface area contributed by atoms with Gasteiger partial charge < -0.3 is 15.4 Å². The average molecular weight is 382 g/mol. The van der Waals surface area contributed by atoms with Gasteiger partial charge in [-0.15, -0.1) is 0 Å². The Bertz CT molecular complexity index is 694. The van der Waals surface area contributed by atoms with Crippen LogP contribution in [0.2, 0.25) is 0 Å². The number of rotatable bonds is 6. The number of piperidine rings is 1. The molecule has 1 heterocycles. The van der Waals surface area contributed by atoms with Crippen molar-refractivity contribution in [2.75, 3.05) is 26.5 Å². The van der Waals surface area contributed by atoms with E-state index < -0.39 is 15.6 Å². The van der Waals surface area contributed by atoms with E-state index in [4.69, 9.17) is 4.74 Å². The molecular formula is C19H31N3O3S. The van der Waals surface area contributed by atoms with Crippen molar-refractivity contribution in [3.63, 3.8) is 0 Å². The van der Waals surface area contributed by atoms with Crippen molar-refractivity contribution in [2.45, 2.75) is 56.1 Å². The molecule has 0 aromatic heterocycles. The summed E-state index contributed by atoms with van der Waals surface area (Å²) < 4.78 is 32.4. The van der Waals surface area contributed by atoms with Gasteiger partial charge in [0.25, 0.3) is 0 Å². The van der Waals surface area contributed by atoms with Gasteiger partial charge in [-0.3, -0.25) is 0 Å². The summed E-state index contributed by atoms with van der Waals surface area (Å²) >= 11 is 0. The summed E-state index contributed by atoms with van der Waals surface area (Å²) in [6, 6.07) is 8.81.